The number of hydrogen-bond acceptors (Lipinski definition) is 5. The number of carbonyl (C=O) groups is 3. The third-order valence-electron chi connectivity index (χ3n) is 10.3. The number of hydrogen-bond donors (Lipinski definition) is 3. The van der Waals surface area contributed by atoms with Gasteiger partial charge in [-0.1, -0.05) is 180 Å². The van der Waals surface area contributed by atoms with Crippen molar-refractivity contribution in [3.8, 4) is 0 Å². The van der Waals surface area contributed by atoms with E-state index in [-0.39, 0.29) is 18.0 Å². The molecule has 0 fully saturated rings. The van der Waals surface area contributed by atoms with Crippen LogP contribution in [0.2, 0.25) is 0 Å². The number of esters is 1. The Morgan fingerprint density at radius 1 is 0.558 bits per heavy atom. The number of unbranched alkanes of at least 4 members (excludes halogenated alkanes) is 27. The van der Waals surface area contributed by atoms with Gasteiger partial charge in [0.2, 0.25) is 5.91 Å². The van der Waals surface area contributed by atoms with E-state index in [1.165, 1.54) is 135 Å². The van der Waals surface area contributed by atoms with Gasteiger partial charge in [0.15, 0.2) is 0 Å². The largest absolute Gasteiger partial charge is 0.480 e. The summed E-state index contributed by atoms with van der Waals surface area (Å²) in [6.07, 6.45) is 44.2. The molecular weight excluding hydrogens is 649 g/mol. The quantitative estimate of drug-likeness (QED) is 0.0327. The molecule has 0 aromatic rings. The molecule has 0 saturated heterocycles. The van der Waals surface area contributed by atoms with E-state index < -0.39 is 12.0 Å². The summed E-state index contributed by atoms with van der Waals surface area (Å²) in [5.74, 6) is -1.25. The van der Waals surface area contributed by atoms with Crippen molar-refractivity contribution >= 4 is 17.8 Å². The molecule has 0 aromatic carbocycles. The molecule has 0 aliphatic rings. The van der Waals surface area contributed by atoms with Crippen molar-refractivity contribution in [1.82, 2.24) is 5.32 Å². The number of carbonyl (C=O) groups excluding carboxylic acids is 2. The van der Waals surface area contributed by atoms with E-state index in [2.05, 4.69) is 31.3 Å². The molecule has 0 aliphatic heterocycles. The van der Waals surface area contributed by atoms with E-state index in [1.807, 2.05) is 0 Å². The highest BCUT2D eigenvalue weighted by Crippen LogP contribution is 2.17. The molecule has 2 atom stereocenters. The van der Waals surface area contributed by atoms with Gasteiger partial charge < -0.3 is 20.9 Å². The first kappa shape index (κ1) is 50.1. The molecule has 0 radical (unpaired) electrons. The minimum atomic E-state index is -1.00. The first-order chi connectivity index (χ1) is 25.4. The Hall–Kier alpha value is -1.89. The van der Waals surface area contributed by atoms with Crippen molar-refractivity contribution in [3.05, 3.63) is 12.2 Å². The fourth-order valence-corrected chi connectivity index (χ4v) is 6.89. The number of amides is 1. The molecule has 0 aromatic heterocycles. The molecule has 0 aliphatic carbocycles. The third-order valence-corrected chi connectivity index (χ3v) is 10.3. The number of rotatable bonds is 41. The molecule has 0 spiro atoms. The molecule has 0 heterocycles. The highest BCUT2D eigenvalue weighted by atomic mass is 16.5. The SMILES string of the molecule is CCCCCCCC/C=C\C(CCCCCCCCC(=O)NC(CCCN)C(=O)O)OC(=O)CCCCCCCCCCCCCCCCCCC. The van der Waals surface area contributed by atoms with E-state index in [4.69, 9.17) is 10.5 Å². The van der Waals surface area contributed by atoms with Crippen molar-refractivity contribution in [1.29, 1.82) is 0 Å². The molecule has 0 bridgehead atoms. The van der Waals surface area contributed by atoms with Crippen molar-refractivity contribution < 1.29 is 24.2 Å². The predicted octanol–water partition coefficient (Wildman–Crippen LogP) is 12.7. The minimum Gasteiger partial charge on any atom is -0.480 e. The van der Waals surface area contributed by atoms with Crippen LogP contribution in [-0.4, -0.2) is 41.6 Å². The highest BCUT2D eigenvalue weighted by Gasteiger charge is 2.18. The summed E-state index contributed by atoms with van der Waals surface area (Å²) in [7, 11) is 0. The zero-order valence-electron chi connectivity index (χ0n) is 34.4. The van der Waals surface area contributed by atoms with Crippen molar-refractivity contribution in [2.45, 2.75) is 251 Å². The molecule has 0 saturated carbocycles. The van der Waals surface area contributed by atoms with Crippen LogP contribution in [0, 0.1) is 0 Å². The maximum atomic E-state index is 12.7. The molecule has 4 N–H and O–H groups in total. The lowest BCUT2D eigenvalue weighted by Gasteiger charge is -2.15. The maximum Gasteiger partial charge on any atom is 0.326 e. The molecule has 7 heteroatoms. The van der Waals surface area contributed by atoms with Crippen molar-refractivity contribution in [3.63, 3.8) is 0 Å². The predicted molar refractivity (Wildman–Crippen MR) is 221 cm³/mol. The van der Waals surface area contributed by atoms with Gasteiger partial charge in [0.1, 0.15) is 12.1 Å². The number of aliphatic carboxylic acids is 1. The Labute approximate surface area is 321 Å². The van der Waals surface area contributed by atoms with Crippen LogP contribution >= 0.6 is 0 Å². The van der Waals surface area contributed by atoms with E-state index >= 15 is 0 Å². The van der Waals surface area contributed by atoms with Crippen LogP contribution < -0.4 is 11.1 Å². The van der Waals surface area contributed by atoms with Crippen LogP contribution in [-0.2, 0) is 19.1 Å². The summed E-state index contributed by atoms with van der Waals surface area (Å²) in [5, 5.41) is 11.9. The number of nitrogens with one attached hydrogen (secondary N) is 1. The Morgan fingerprint density at radius 2 is 0.981 bits per heavy atom. The van der Waals surface area contributed by atoms with Gasteiger partial charge in [-0.15, -0.1) is 0 Å². The average molecular weight is 735 g/mol. The summed E-state index contributed by atoms with van der Waals surface area (Å²) in [6, 6.07) is -0.850. The van der Waals surface area contributed by atoms with Gasteiger partial charge in [0, 0.05) is 12.8 Å². The third kappa shape index (κ3) is 36.5. The second-order valence-electron chi connectivity index (χ2n) is 15.5. The number of carboxylic acids is 1. The fraction of sp³-hybridized carbons (Fsp3) is 0.889. The van der Waals surface area contributed by atoms with Crippen LogP contribution in [0.15, 0.2) is 12.2 Å². The first-order valence-electron chi connectivity index (χ1n) is 22.5. The number of allylic oxidation sites excluding steroid dienone is 1. The summed E-state index contributed by atoms with van der Waals surface area (Å²) in [4.78, 5) is 36.2. The van der Waals surface area contributed by atoms with Gasteiger partial charge in [0.05, 0.1) is 0 Å². The molecular formula is C45H86N2O5. The zero-order valence-corrected chi connectivity index (χ0v) is 34.4. The second kappa shape index (κ2) is 40.3. The summed E-state index contributed by atoms with van der Waals surface area (Å²) < 4.78 is 5.96. The number of ether oxygens (including phenoxy) is 1. The standard InChI is InChI=1S/C45H86N2O5/c1-3-5-7-9-11-13-14-15-16-17-18-19-20-21-23-29-33-39-44(49)52-41(35-30-26-22-12-10-8-6-4-2)36-31-27-24-25-28-32-38-43(48)47-42(45(50)51)37-34-40-46/h30,35,41-42H,3-29,31-34,36-40,46H2,1-2H3,(H,47,48)(H,50,51)/b35-30-. The second-order valence-corrected chi connectivity index (χ2v) is 15.5. The first-order valence-corrected chi connectivity index (χ1v) is 22.5. The molecule has 7 nitrogen and oxygen atoms in total. The van der Waals surface area contributed by atoms with Gasteiger partial charge in [-0.2, -0.15) is 0 Å². The lowest BCUT2D eigenvalue weighted by Crippen LogP contribution is -2.40. The topological polar surface area (TPSA) is 119 Å². The van der Waals surface area contributed by atoms with E-state index in [0.717, 1.165) is 64.2 Å². The lowest BCUT2D eigenvalue weighted by atomic mass is 10.0. The summed E-state index contributed by atoms with van der Waals surface area (Å²) in [6.45, 7) is 4.95. The van der Waals surface area contributed by atoms with Crippen LogP contribution in [0.4, 0.5) is 0 Å². The summed E-state index contributed by atoms with van der Waals surface area (Å²) >= 11 is 0. The monoisotopic (exact) mass is 735 g/mol. The Kier molecular flexibility index (Phi) is 38.8. The Balaban J connectivity index is 4.16. The molecule has 306 valence electrons. The minimum absolute atomic E-state index is 0.0541. The Morgan fingerprint density at radius 3 is 1.44 bits per heavy atom. The number of nitrogens with two attached hydrogens (primary N) is 1. The van der Waals surface area contributed by atoms with Gasteiger partial charge in [-0.3, -0.25) is 9.59 Å². The molecule has 2 unspecified atom stereocenters. The zero-order chi connectivity index (χ0) is 38.2. The lowest BCUT2D eigenvalue weighted by molar-refractivity contribution is -0.147. The van der Waals surface area contributed by atoms with Gasteiger partial charge in [-0.05, 0) is 64.0 Å². The van der Waals surface area contributed by atoms with Crippen molar-refractivity contribution in [2.75, 3.05) is 6.54 Å². The van der Waals surface area contributed by atoms with Crippen LogP contribution in [0.1, 0.15) is 239 Å². The highest BCUT2D eigenvalue weighted by molar-refractivity contribution is 5.83. The van der Waals surface area contributed by atoms with E-state index in [0.29, 0.717) is 32.2 Å². The van der Waals surface area contributed by atoms with Gasteiger partial charge in [0.25, 0.3) is 0 Å². The van der Waals surface area contributed by atoms with Crippen LogP contribution in [0.5, 0.6) is 0 Å². The smallest absolute Gasteiger partial charge is 0.326 e. The van der Waals surface area contributed by atoms with Crippen molar-refractivity contribution in [2.24, 2.45) is 5.73 Å². The van der Waals surface area contributed by atoms with Gasteiger partial charge >= 0.3 is 11.9 Å². The average Bonchev–Trinajstić information content (AvgIpc) is 3.13. The fourth-order valence-electron chi connectivity index (χ4n) is 6.89. The number of carboxylic acid groups (broad SMARTS) is 1. The van der Waals surface area contributed by atoms with Crippen LogP contribution in [0.3, 0.4) is 0 Å². The normalized spacial score (nSPS) is 12.7. The molecule has 0 rings (SSSR count). The Bertz CT molecular complexity index is 833. The van der Waals surface area contributed by atoms with Gasteiger partial charge in [-0.25, -0.2) is 4.79 Å². The molecule has 52 heavy (non-hydrogen) atoms. The maximum absolute atomic E-state index is 12.7. The van der Waals surface area contributed by atoms with E-state index in [9.17, 15) is 19.5 Å². The molecule has 1 amide bonds. The van der Waals surface area contributed by atoms with E-state index in [1.54, 1.807) is 0 Å². The van der Waals surface area contributed by atoms with Crippen LogP contribution in [0.25, 0.3) is 0 Å². The summed E-state index contributed by atoms with van der Waals surface area (Å²) in [5.41, 5.74) is 5.47.